The molecule has 0 aliphatic carbocycles. The van der Waals surface area contributed by atoms with Crippen LogP contribution in [0.1, 0.15) is 59.8 Å². The number of carbonyl (C=O) groups excluding carboxylic acids is 2. The molecule has 2 saturated heterocycles. The molecule has 0 aromatic rings. The molecule has 138 valence electrons. The summed E-state index contributed by atoms with van der Waals surface area (Å²) in [4.78, 5) is 29.8. The maximum absolute atomic E-state index is 13.2. The van der Waals surface area contributed by atoms with E-state index in [9.17, 15) is 9.59 Å². The summed E-state index contributed by atoms with van der Waals surface area (Å²) in [5.74, 6) is 0.422. The van der Waals surface area contributed by atoms with Crippen LogP contribution in [0.2, 0.25) is 0 Å². The maximum atomic E-state index is 13.2. The third-order valence-electron chi connectivity index (χ3n) is 5.20. The van der Waals surface area contributed by atoms with Crippen molar-refractivity contribution in [3.05, 3.63) is 0 Å². The number of rotatable bonds is 4. The molecule has 2 heterocycles. The molecule has 0 aromatic carbocycles. The van der Waals surface area contributed by atoms with E-state index in [0.29, 0.717) is 12.6 Å². The summed E-state index contributed by atoms with van der Waals surface area (Å²) in [6, 6.07) is 0.368. The fourth-order valence-corrected chi connectivity index (χ4v) is 3.90. The molecule has 1 atom stereocenters. The Morgan fingerprint density at radius 1 is 1.17 bits per heavy atom. The van der Waals surface area contributed by atoms with E-state index in [1.165, 1.54) is 0 Å². The van der Waals surface area contributed by atoms with Gasteiger partial charge in [0.1, 0.15) is 0 Å². The number of carbonyl (C=O) groups is 2. The van der Waals surface area contributed by atoms with Gasteiger partial charge in [-0.05, 0) is 45.2 Å². The lowest BCUT2D eigenvalue weighted by Gasteiger charge is -2.40. The molecule has 2 rings (SSSR count). The Balaban J connectivity index is 2.04. The Morgan fingerprint density at radius 3 is 2.42 bits per heavy atom. The quantitative estimate of drug-likeness (QED) is 0.856. The van der Waals surface area contributed by atoms with Crippen LogP contribution in [-0.4, -0.2) is 60.4 Å². The zero-order chi connectivity index (χ0) is 17.7. The average Bonchev–Trinajstić information content (AvgIpc) is 2.58. The number of piperidine rings is 2. The molecule has 2 aliphatic rings. The highest BCUT2D eigenvalue weighted by Crippen LogP contribution is 2.26. The molecule has 0 saturated carbocycles. The van der Waals surface area contributed by atoms with Gasteiger partial charge in [0.25, 0.3) is 0 Å². The normalized spacial score (nSPS) is 23.2. The van der Waals surface area contributed by atoms with Crippen molar-refractivity contribution in [3.8, 4) is 0 Å². The van der Waals surface area contributed by atoms with Crippen molar-refractivity contribution in [2.75, 3.05) is 32.7 Å². The van der Waals surface area contributed by atoms with Crippen LogP contribution < -0.4 is 5.32 Å². The van der Waals surface area contributed by atoms with Gasteiger partial charge in [-0.3, -0.25) is 9.59 Å². The lowest BCUT2D eigenvalue weighted by Crippen LogP contribution is -2.53. The van der Waals surface area contributed by atoms with Crippen molar-refractivity contribution in [2.45, 2.75) is 65.8 Å². The summed E-state index contributed by atoms with van der Waals surface area (Å²) in [6.07, 6.45) is 4.93. The van der Waals surface area contributed by atoms with Crippen LogP contribution in [0.4, 0.5) is 0 Å². The van der Waals surface area contributed by atoms with E-state index in [1.807, 2.05) is 25.7 Å². The van der Waals surface area contributed by atoms with Crippen molar-refractivity contribution >= 4 is 11.8 Å². The number of nitrogens with zero attached hydrogens (tertiary/aromatic N) is 2. The highest BCUT2D eigenvalue weighted by Gasteiger charge is 2.36. The van der Waals surface area contributed by atoms with E-state index in [2.05, 4.69) is 17.1 Å². The molecule has 1 N–H and O–H groups in total. The van der Waals surface area contributed by atoms with Crippen LogP contribution in [0.15, 0.2) is 0 Å². The SMILES string of the molecule is CCCN(C(=O)C1CCCN(C(=O)C(C)(C)C)C1)C1CCNCC1. The van der Waals surface area contributed by atoms with Crippen molar-refractivity contribution in [2.24, 2.45) is 11.3 Å². The van der Waals surface area contributed by atoms with Gasteiger partial charge in [-0.1, -0.05) is 27.7 Å². The van der Waals surface area contributed by atoms with Gasteiger partial charge in [0, 0.05) is 31.1 Å². The number of hydrogen-bond donors (Lipinski definition) is 1. The molecule has 1 unspecified atom stereocenters. The lowest BCUT2D eigenvalue weighted by atomic mass is 9.90. The first-order valence-electron chi connectivity index (χ1n) is 9.65. The highest BCUT2D eigenvalue weighted by atomic mass is 16.2. The largest absolute Gasteiger partial charge is 0.341 e. The first-order chi connectivity index (χ1) is 11.3. The molecule has 0 radical (unpaired) electrons. The molecule has 0 bridgehead atoms. The van der Waals surface area contributed by atoms with Gasteiger partial charge in [0.2, 0.25) is 11.8 Å². The third-order valence-corrected chi connectivity index (χ3v) is 5.20. The first kappa shape index (κ1) is 19.2. The van der Waals surface area contributed by atoms with Gasteiger partial charge in [-0.2, -0.15) is 0 Å². The van der Waals surface area contributed by atoms with Gasteiger partial charge in [0.15, 0.2) is 0 Å². The standard InChI is InChI=1S/C19H35N3O2/c1-5-12-22(16-8-10-20-11-9-16)17(23)15-7-6-13-21(14-15)18(24)19(2,3)4/h15-16,20H,5-14H2,1-4H3. The van der Waals surface area contributed by atoms with Crippen LogP contribution in [0.3, 0.4) is 0 Å². The minimum Gasteiger partial charge on any atom is -0.341 e. The topological polar surface area (TPSA) is 52.7 Å². The second-order valence-corrected chi connectivity index (χ2v) is 8.35. The maximum Gasteiger partial charge on any atom is 0.227 e. The van der Waals surface area contributed by atoms with Gasteiger partial charge in [0.05, 0.1) is 5.92 Å². The van der Waals surface area contributed by atoms with E-state index in [-0.39, 0.29) is 23.1 Å². The Bertz CT molecular complexity index is 438. The zero-order valence-corrected chi connectivity index (χ0v) is 15.9. The Labute approximate surface area is 147 Å². The van der Waals surface area contributed by atoms with E-state index in [1.54, 1.807) is 0 Å². The second-order valence-electron chi connectivity index (χ2n) is 8.35. The second kappa shape index (κ2) is 8.32. The van der Waals surface area contributed by atoms with E-state index in [0.717, 1.165) is 58.3 Å². The van der Waals surface area contributed by atoms with Crippen LogP contribution in [-0.2, 0) is 9.59 Å². The van der Waals surface area contributed by atoms with Crippen molar-refractivity contribution < 1.29 is 9.59 Å². The Morgan fingerprint density at radius 2 is 1.83 bits per heavy atom. The molecule has 0 spiro atoms. The van der Waals surface area contributed by atoms with E-state index >= 15 is 0 Å². The molecule has 0 aromatic heterocycles. The summed E-state index contributed by atoms with van der Waals surface area (Å²) in [5.41, 5.74) is -0.372. The number of likely N-dealkylation sites (tertiary alicyclic amines) is 1. The minimum atomic E-state index is -0.372. The van der Waals surface area contributed by atoms with Crippen molar-refractivity contribution in [1.29, 1.82) is 0 Å². The number of nitrogens with one attached hydrogen (secondary N) is 1. The summed E-state index contributed by atoms with van der Waals surface area (Å²) < 4.78 is 0. The summed E-state index contributed by atoms with van der Waals surface area (Å²) >= 11 is 0. The average molecular weight is 338 g/mol. The number of hydrogen-bond acceptors (Lipinski definition) is 3. The summed E-state index contributed by atoms with van der Waals surface area (Å²) in [5, 5.41) is 3.38. The van der Waals surface area contributed by atoms with Crippen LogP contribution in [0, 0.1) is 11.3 Å². The fraction of sp³-hybridized carbons (Fsp3) is 0.895. The molecule has 2 aliphatic heterocycles. The summed E-state index contributed by atoms with van der Waals surface area (Å²) in [6.45, 7) is 12.2. The van der Waals surface area contributed by atoms with Crippen LogP contribution in [0.25, 0.3) is 0 Å². The van der Waals surface area contributed by atoms with Crippen LogP contribution >= 0.6 is 0 Å². The molecule has 5 heteroatoms. The Hall–Kier alpha value is -1.10. The fourth-order valence-electron chi connectivity index (χ4n) is 3.90. The van der Waals surface area contributed by atoms with E-state index in [4.69, 9.17) is 0 Å². The van der Waals surface area contributed by atoms with Crippen molar-refractivity contribution in [3.63, 3.8) is 0 Å². The smallest absolute Gasteiger partial charge is 0.227 e. The predicted molar refractivity (Wildman–Crippen MR) is 96.7 cm³/mol. The molecule has 2 fully saturated rings. The predicted octanol–water partition coefficient (Wildman–Crippen LogP) is 2.26. The molecular weight excluding hydrogens is 302 g/mol. The highest BCUT2D eigenvalue weighted by molar-refractivity contribution is 5.84. The zero-order valence-electron chi connectivity index (χ0n) is 15.9. The molecule has 5 nitrogen and oxygen atoms in total. The number of amides is 2. The first-order valence-corrected chi connectivity index (χ1v) is 9.65. The molecular formula is C19H35N3O2. The summed E-state index contributed by atoms with van der Waals surface area (Å²) in [7, 11) is 0. The molecule has 24 heavy (non-hydrogen) atoms. The monoisotopic (exact) mass is 337 g/mol. The Kier molecular flexibility index (Phi) is 6.67. The van der Waals surface area contributed by atoms with Gasteiger partial charge >= 0.3 is 0 Å². The lowest BCUT2D eigenvalue weighted by molar-refractivity contribution is -0.146. The van der Waals surface area contributed by atoms with Crippen molar-refractivity contribution in [1.82, 2.24) is 15.1 Å². The molecule has 2 amide bonds. The van der Waals surface area contributed by atoms with Gasteiger partial charge in [-0.15, -0.1) is 0 Å². The minimum absolute atomic E-state index is 0.0218. The van der Waals surface area contributed by atoms with Crippen LogP contribution in [0.5, 0.6) is 0 Å². The van der Waals surface area contributed by atoms with Gasteiger partial charge in [-0.25, -0.2) is 0 Å². The third kappa shape index (κ3) is 4.71. The van der Waals surface area contributed by atoms with Gasteiger partial charge < -0.3 is 15.1 Å². The van der Waals surface area contributed by atoms with E-state index < -0.39 is 0 Å².